The van der Waals surface area contributed by atoms with E-state index in [4.69, 9.17) is 4.42 Å². The first-order chi connectivity index (χ1) is 6.29. The zero-order valence-electron chi connectivity index (χ0n) is 7.32. The maximum absolute atomic E-state index is 5.24. The lowest BCUT2D eigenvalue weighted by Gasteiger charge is -2.01. The third-order valence-corrected chi connectivity index (χ3v) is 2.44. The van der Waals surface area contributed by atoms with E-state index in [1.165, 1.54) is 0 Å². The van der Waals surface area contributed by atoms with Gasteiger partial charge in [0.15, 0.2) is 0 Å². The van der Waals surface area contributed by atoms with Gasteiger partial charge >= 0.3 is 0 Å². The van der Waals surface area contributed by atoms with E-state index >= 15 is 0 Å². The number of hydrogen-bond acceptors (Lipinski definition) is 2. The maximum Gasteiger partial charge on any atom is 0.108 e. The largest absolute Gasteiger partial charge is 0.469 e. The molecule has 1 aromatic heterocycles. The minimum absolute atomic E-state index is 0.932. The van der Waals surface area contributed by atoms with Crippen molar-refractivity contribution in [2.75, 3.05) is 0 Å². The van der Waals surface area contributed by atoms with Gasteiger partial charge in [0.2, 0.25) is 0 Å². The van der Waals surface area contributed by atoms with Crippen LogP contribution in [-0.4, -0.2) is 0 Å². The van der Waals surface area contributed by atoms with E-state index in [0.29, 0.717) is 0 Å². The topological polar surface area (TPSA) is 13.1 Å². The van der Waals surface area contributed by atoms with E-state index in [1.807, 2.05) is 37.3 Å². The first-order valence-corrected chi connectivity index (χ1v) is 4.56. The number of rotatable bonds is 1. The van der Waals surface area contributed by atoms with Crippen LogP contribution in [0, 0.1) is 6.92 Å². The fraction of sp³-hybridized carbons (Fsp3) is 0.0909. The van der Waals surface area contributed by atoms with E-state index in [1.54, 1.807) is 6.26 Å². The Bertz CT molecular complexity index is 418. The lowest BCUT2D eigenvalue weighted by atomic mass is 10.1. The highest BCUT2D eigenvalue weighted by Crippen LogP contribution is 2.29. The summed E-state index contributed by atoms with van der Waals surface area (Å²) in [7, 11) is 0. The number of thiol groups is 1. The molecular weight excluding hydrogens is 180 g/mol. The van der Waals surface area contributed by atoms with Crippen molar-refractivity contribution in [3.63, 3.8) is 0 Å². The summed E-state index contributed by atoms with van der Waals surface area (Å²) in [5.41, 5.74) is 2.24. The summed E-state index contributed by atoms with van der Waals surface area (Å²) in [5, 5.41) is 0. The maximum atomic E-state index is 5.24. The second kappa shape index (κ2) is 3.30. The SMILES string of the molecule is Cc1occc1-c1ccccc1S. The summed E-state index contributed by atoms with van der Waals surface area (Å²) in [4.78, 5) is 0.979. The van der Waals surface area contributed by atoms with Crippen LogP contribution in [0.3, 0.4) is 0 Å². The van der Waals surface area contributed by atoms with Gasteiger partial charge in [-0.25, -0.2) is 0 Å². The summed E-state index contributed by atoms with van der Waals surface area (Å²) in [6, 6.07) is 9.96. The highest BCUT2D eigenvalue weighted by atomic mass is 32.1. The fourth-order valence-electron chi connectivity index (χ4n) is 1.37. The molecule has 0 fully saturated rings. The Morgan fingerprint density at radius 1 is 1.08 bits per heavy atom. The lowest BCUT2D eigenvalue weighted by molar-refractivity contribution is 0.535. The number of aryl methyl sites for hydroxylation is 1. The monoisotopic (exact) mass is 190 g/mol. The molecule has 0 amide bonds. The summed E-state index contributed by atoms with van der Waals surface area (Å²) in [6.07, 6.45) is 1.70. The minimum atomic E-state index is 0.932. The Balaban J connectivity index is 2.59. The van der Waals surface area contributed by atoms with E-state index in [0.717, 1.165) is 21.8 Å². The molecule has 0 atom stereocenters. The fourth-order valence-corrected chi connectivity index (χ4v) is 1.65. The van der Waals surface area contributed by atoms with E-state index in [2.05, 4.69) is 12.6 Å². The normalized spacial score (nSPS) is 10.3. The van der Waals surface area contributed by atoms with Crippen molar-refractivity contribution in [1.29, 1.82) is 0 Å². The van der Waals surface area contributed by atoms with Crippen molar-refractivity contribution in [2.45, 2.75) is 11.8 Å². The molecule has 66 valence electrons. The standard InChI is InChI=1S/C11H10OS/c1-8-9(6-7-12-8)10-4-2-3-5-11(10)13/h2-7,13H,1H3. The molecule has 2 heteroatoms. The molecule has 0 bridgehead atoms. The summed E-state index contributed by atoms with van der Waals surface area (Å²) in [5.74, 6) is 0.932. The summed E-state index contributed by atoms with van der Waals surface area (Å²) >= 11 is 4.39. The molecule has 2 aromatic rings. The Labute approximate surface area is 82.8 Å². The van der Waals surface area contributed by atoms with Crippen molar-refractivity contribution >= 4 is 12.6 Å². The molecule has 0 aliphatic carbocycles. The van der Waals surface area contributed by atoms with Crippen LogP contribution in [0.15, 0.2) is 45.9 Å². The van der Waals surface area contributed by atoms with Crippen LogP contribution in [0.5, 0.6) is 0 Å². The number of furan rings is 1. The van der Waals surface area contributed by atoms with Crippen molar-refractivity contribution in [3.05, 3.63) is 42.4 Å². The molecule has 0 aliphatic heterocycles. The summed E-state index contributed by atoms with van der Waals surface area (Å²) in [6.45, 7) is 1.95. The van der Waals surface area contributed by atoms with Gasteiger partial charge in [0.05, 0.1) is 6.26 Å². The van der Waals surface area contributed by atoms with Crippen molar-refractivity contribution in [1.82, 2.24) is 0 Å². The quantitative estimate of drug-likeness (QED) is 0.679. The Kier molecular flexibility index (Phi) is 2.15. The summed E-state index contributed by atoms with van der Waals surface area (Å²) < 4.78 is 5.24. The molecule has 0 saturated heterocycles. The smallest absolute Gasteiger partial charge is 0.108 e. The van der Waals surface area contributed by atoms with Gasteiger partial charge in [0, 0.05) is 10.5 Å². The predicted octanol–water partition coefficient (Wildman–Crippen LogP) is 3.54. The van der Waals surface area contributed by atoms with Crippen LogP contribution < -0.4 is 0 Å². The first-order valence-electron chi connectivity index (χ1n) is 4.11. The average molecular weight is 190 g/mol. The zero-order chi connectivity index (χ0) is 9.26. The van der Waals surface area contributed by atoms with Gasteiger partial charge in [-0.05, 0) is 24.6 Å². The van der Waals surface area contributed by atoms with Gasteiger partial charge < -0.3 is 4.42 Å². The molecular formula is C11H10OS. The molecule has 0 saturated carbocycles. The van der Waals surface area contributed by atoms with Gasteiger partial charge in [0.25, 0.3) is 0 Å². The molecule has 2 rings (SSSR count). The van der Waals surface area contributed by atoms with Gasteiger partial charge in [-0.2, -0.15) is 0 Å². The highest BCUT2D eigenvalue weighted by molar-refractivity contribution is 7.80. The molecule has 0 aliphatic rings. The van der Waals surface area contributed by atoms with E-state index in [-0.39, 0.29) is 0 Å². The van der Waals surface area contributed by atoms with Crippen molar-refractivity contribution in [2.24, 2.45) is 0 Å². The van der Waals surface area contributed by atoms with E-state index < -0.39 is 0 Å². The van der Waals surface area contributed by atoms with Crippen molar-refractivity contribution < 1.29 is 4.42 Å². The highest BCUT2D eigenvalue weighted by Gasteiger charge is 2.06. The molecule has 13 heavy (non-hydrogen) atoms. The van der Waals surface area contributed by atoms with Gasteiger partial charge in [-0.1, -0.05) is 18.2 Å². The minimum Gasteiger partial charge on any atom is -0.469 e. The van der Waals surface area contributed by atoms with Crippen LogP contribution in [0.25, 0.3) is 11.1 Å². The average Bonchev–Trinajstić information content (AvgIpc) is 2.52. The first kappa shape index (κ1) is 8.45. The van der Waals surface area contributed by atoms with E-state index in [9.17, 15) is 0 Å². The molecule has 0 spiro atoms. The molecule has 1 aromatic carbocycles. The third kappa shape index (κ3) is 1.49. The molecule has 0 unspecified atom stereocenters. The zero-order valence-corrected chi connectivity index (χ0v) is 8.21. The van der Waals surface area contributed by atoms with Crippen molar-refractivity contribution in [3.8, 4) is 11.1 Å². The van der Waals surface area contributed by atoms with Gasteiger partial charge in [-0.15, -0.1) is 12.6 Å². The van der Waals surface area contributed by atoms with Crippen LogP contribution in [0.4, 0.5) is 0 Å². The molecule has 0 radical (unpaired) electrons. The third-order valence-electron chi connectivity index (χ3n) is 2.05. The second-order valence-corrected chi connectivity index (χ2v) is 3.39. The van der Waals surface area contributed by atoms with Crippen LogP contribution >= 0.6 is 12.6 Å². The Morgan fingerprint density at radius 2 is 1.85 bits per heavy atom. The Hall–Kier alpha value is -1.15. The molecule has 1 nitrogen and oxygen atoms in total. The number of benzene rings is 1. The molecule has 0 N–H and O–H groups in total. The Morgan fingerprint density at radius 3 is 2.46 bits per heavy atom. The van der Waals surface area contributed by atoms with Crippen LogP contribution in [0.1, 0.15) is 5.76 Å². The lowest BCUT2D eigenvalue weighted by Crippen LogP contribution is -1.78. The van der Waals surface area contributed by atoms with Crippen LogP contribution in [-0.2, 0) is 0 Å². The predicted molar refractivity (Wildman–Crippen MR) is 56.1 cm³/mol. The van der Waals surface area contributed by atoms with Gasteiger partial charge in [-0.3, -0.25) is 0 Å². The second-order valence-electron chi connectivity index (χ2n) is 2.91. The van der Waals surface area contributed by atoms with Crippen LogP contribution in [0.2, 0.25) is 0 Å². The van der Waals surface area contributed by atoms with Gasteiger partial charge in [0.1, 0.15) is 5.76 Å². The molecule has 1 heterocycles. The number of hydrogen-bond donors (Lipinski definition) is 1.